The van der Waals surface area contributed by atoms with Gasteiger partial charge in [-0.15, -0.1) is 12.4 Å². The molecule has 0 heterocycles. The van der Waals surface area contributed by atoms with Crippen molar-refractivity contribution in [2.45, 2.75) is 24.7 Å². The van der Waals surface area contributed by atoms with Crippen LogP contribution in [0.1, 0.15) is 22.7 Å². The second-order valence-electron chi connectivity index (χ2n) is 5.02. The lowest BCUT2D eigenvalue weighted by Gasteiger charge is -2.20. The number of rotatable bonds is 4. The highest BCUT2D eigenvalue weighted by Crippen LogP contribution is 2.36. The quantitative estimate of drug-likeness (QED) is 0.844. The molecule has 0 radical (unpaired) electrons. The molecule has 0 amide bonds. The summed E-state index contributed by atoms with van der Waals surface area (Å²) in [5, 5.41) is 9.73. The summed E-state index contributed by atoms with van der Waals surface area (Å²) in [5.74, 6) is 0. The van der Waals surface area contributed by atoms with Crippen molar-refractivity contribution in [3.63, 3.8) is 0 Å². The monoisotopic (exact) mass is 365 g/mol. The van der Waals surface area contributed by atoms with Gasteiger partial charge in [-0.25, -0.2) is 0 Å². The van der Waals surface area contributed by atoms with Gasteiger partial charge in [0.2, 0.25) is 0 Å². The summed E-state index contributed by atoms with van der Waals surface area (Å²) in [7, 11) is 0. The van der Waals surface area contributed by atoms with E-state index in [1.165, 1.54) is 6.07 Å². The van der Waals surface area contributed by atoms with Crippen molar-refractivity contribution in [2.24, 2.45) is 5.73 Å². The van der Waals surface area contributed by atoms with Gasteiger partial charge in [-0.05, 0) is 23.3 Å². The van der Waals surface area contributed by atoms with Crippen molar-refractivity contribution in [3.8, 4) is 0 Å². The maximum absolute atomic E-state index is 12.7. The van der Waals surface area contributed by atoms with Gasteiger partial charge >= 0.3 is 6.18 Å². The SMILES string of the molecule is Cl.N[C@@H](c1ccc(C(F)(F)F)c(Cl)c1)[C@H](O)Cc1ccccc1. The molecule has 0 bridgehead atoms. The number of aliphatic hydroxyl groups excluding tert-OH is 1. The van der Waals surface area contributed by atoms with Crippen molar-refractivity contribution in [1.29, 1.82) is 0 Å². The van der Waals surface area contributed by atoms with Crippen LogP contribution in [0.2, 0.25) is 5.02 Å². The summed E-state index contributed by atoms with van der Waals surface area (Å²) >= 11 is 5.67. The summed E-state index contributed by atoms with van der Waals surface area (Å²) in [5.41, 5.74) is 6.26. The Morgan fingerprint density at radius 1 is 1.09 bits per heavy atom. The predicted octanol–water partition coefficient (Wildman–Crippen LogP) is 4.38. The highest BCUT2D eigenvalue weighted by molar-refractivity contribution is 6.31. The van der Waals surface area contributed by atoms with Gasteiger partial charge in [0, 0.05) is 6.42 Å². The number of halogens is 5. The molecule has 2 nitrogen and oxygen atoms in total. The first-order valence-electron chi connectivity index (χ1n) is 6.63. The highest BCUT2D eigenvalue weighted by Gasteiger charge is 2.33. The Morgan fingerprint density at radius 3 is 2.22 bits per heavy atom. The van der Waals surface area contributed by atoms with Crippen LogP contribution in [0.3, 0.4) is 0 Å². The third kappa shape index (κ3) is 5.11. The van der Waals surface area contributed by atoms with E-state index in [2.05, 4.69) is 0 Å². The van der Waals surface area contributed by atoms with Gasteiger partial charge in [-0.1, -0.05) is 48.0 Å². The fraction of sp³-hybridized carbons (Fsp3) is 0.250. The maximum atomic E-state index is 12.7. The minimum absolute atomic E-state index is 0. The Labute approximate surface area is 143 Å². The average Bonchev–Trinajstić information content (AvgIpc) is 2.46. The van der Waals surface area contributed by atoms with Gasteiger partial charge in [-0.2, -0.15) is 13.2 Å². The van der Waals surface area contributed by atoms with E-state index in [-0.39, 0.29) is 12.4 Å². The lowest BCUT2D eigenvalue weighted by Crippen LogP contribution is -2.28. The third-order valence-electron chi connectivity index (χ3n) is 3.39. The average molecular weight is 366 g/mol. The lowest BCUT2D eigenvalue weighted by atomic mass is 9.96. The molecule has 0 saturated carbocycles. The molecule has 2 aromatic carbocycles. The molecule has 0 spiro atoms. The summed E-state index contributed by atoms with van der Waals surface area (Å²) in [6.45, 7) is 0. The number of benzene rings is 2. The summed E-state index contributed by atoms with van der Waals surface area (Å²) in [4.78, 5) is 0. The maximum Gasteiger partial charge on any atom is 0.417 e. The fourth-order valence-corrected chi connectivity index (χ4v) is 2.47. The molecular formula is C16H16Cl2F3NO. The van der Waals surface area contributed by atoms with E-state index in [1.807, 2.05) is 30.3 Å². The Balaban J connectivity index is 0.00000264. The van der Waals surface area contributed by atoms with Crippen molar-refractivity contribution in [2.75, 3.05) is 0 Å². The zero-order valence-corrected chi connectivity index (χ0v) is 13.5. The van der Waals surface area contributed by atoms with E-state index < -0.39 is 28.9 Å². The molecule has 0 saturated heterocycles. The van der Waals surface area contributed by atoms with E-state index >= 15 is 0 Å². The largest absolute Gasteiger partial charge is 0.417 e. The van der Waals surface area contributed by atoms with Crippen molar-refractivity contribution in [3.05, 3.63) is 70.2 Å². The minimum atomic E-state index is -4.51. The predicted molar refractivity (Wildman–Crippen MR) is 86.8 cm³/mol. The first-order valence-corrected chi connectivity index (χ1v) is 7.01. The zero-order chi connectivity index (χ0) is 16.3. The minimum Gasteiger partial charge on any atom is -0.391 e. The molecule has 2 rings (SSSR count). The van der Waals surface area contributed by atoms with Crippen molar-refractivity contribution < 1.29 is 18.3 Å². The van der Waals surface area contributed by atoms with Crippen LogP contribution in [0.4, 0.5) is 13.2 Å². The van der Waals surface area contributed by atoms with Crippen LogP contribution in [0, 0.1) is 0 Å². The molecule has 2 aromatic rings. The fourth-order valence-electron chi connectivity index (χ4n) is 2.17. The second kappa shape index (κ2) is 8.02. The summed E-state index contributed by atoms with van der Waals surface area (Å²) < 4.78 is 38.0. The second-order valence-corrected chi connectivity index (χ2v) is 5.43. The van der Waals surface area contributed by atoms with Gasteiger partial charge in [0.25, 0.3) is 0 Å². The van der Waals surface area contributed by atoms with Crippen molar-refractivity contribution >= 4 is 24.0 Å². The van der Waals surface area contributed by atoms with Crippen molar-refractivity contribution in [1.82, 2.24) is 0 Å². The Bertz CT molecular complexity index is 635. The van der Waals surface area contributed by atoms with Crippen LogP contribution in [0.25, 0.3) is 0 Å². The molecule has 126 valence electrons. The molecular weight excluding hydrogens is 350 g/mol. The molecule has 0 aromatic heterocycles. The standard InChI is InChI=1S/C16H15ClF3NO.ClH/c17-13-9-11(6-7-12(13)16(18,19)20)15(21)14(22)8-10-4-2-1-3-5-10;/h1-7,9,14-15,22H,8,21H2;1H/t14-,15+;/m1./s1. The van der Waals surface area contributed by atoms with Gasteiger partial charge in [0.1, 0.15) is 0 Å². The van der Waals surface area contributed by atoms with Crippen LogP contribution >= 0.6 is 24.0 Å². The molecule has 0 fully saturated rings. The molecule has 0 aliphatic rings. The van der Waals surface area contributed by atoms with E-state index in [0.717, 1.165) is 17.7 Å². The zero-order valence-electron chi connectivity index (χ0n) is 11.9. The number of alkyl halides is 3. The van der Waals surface area contributed by atoms with E-state index in [9.17, 15) is 18.3 Å². The smallest absolute Gasteiger partial charge is 0.391 e. The van der Waals surface area contributed by atoms with Crippen LogP contribution in [-0.2, 0) is 12.6 Å². The molecule has 23 heavy (non-hydrogen) atoms. The Kier molecular flexibility index (Phi) is 6.89. The highest BCUT2D eigenvalue weighted by atomic mass is 35.5. The molecule has 0 unspecified atom stereocenters. The molecule has 0 aliphatic heterocycles. The number of hydrogen-bond donors (Lipinski definition) is 2. The molecule has 2 atom stereocenters. The lowest BCUT2D eigenvalue weighted by molar-refractivity contribution is -0.137. The Hall–Kier alpha value is -1.27. The molecule has 7 heteroatoms. The van der Waals surface area contributed by atoms with Crippen LogP contribution in [0.5, 0.6) is 0 Å². The normalized spacial score (nSPS) is 14.0. The van der Waals surface area contributed by atoms with Crippen LogP contribution < -0.4 is 5.73 Å². The van der Waals surface area contributed by atoms with Crippen LogP contribution in [-0.4, -0.2) is 11.2 Å². The molecule has 0 aliphatic carbocycles. The molecule has 3 N–H and O–H groups in total. The summed E-state index contributed by atoms with van der Waals surface area (Å²) in [6.07, 6.45) is -5.13. The van der Waals surface area contributed by atoms with E-state index in [0.29, 0.717) is 12.0 Å². The van der Waals surface area contributed by atoms with Crippen LogP contribution in [0.15, 0.2) is 48.5 Å². The first-order chi connectivity index (χ1) is 10.3. The van der Waals surface area contributed by atoms with E-state index in [4.69, 9.17) is 17.3 Å². The number of aliphatic hydroxyl groups is 1. The first kappa shape index (κ1) is 19.8. The summed E-state index contributed by atoms with van der Waals surface area (Å²) in [6, 6.07) is 11.7. The topological polar surface area (TPSA) is 46.2 Å². The Morgan fingerprint density at radius 2 is 1.70 bits per heavy atom. The third-order valence-corrected chi connectivity index (χ3v) is 3.70. The number of nitrogens with two attached hydrogens (primary N) is 1. The van der Waals surface area contributed by atoms with Gasteiger partial charge < -0.3 is 10.8 Å². The van der Waals surface area contributed by atoms with Gasteiger partial charge in [0.15, 0.2) is 0 Å². The van der Waals surface area contributed by atoms with Gasteiger partial charge in [0.05, 0.1) is 22.7 Å². The van der Waals surface area contributed by atoms with E-state index in [1.54, 1.807) is 0 Å². The van der Waals surface area contributed by atoms with Gasteiger partial charge in [-0.3, -0.25) is 0 Å². The number of hydrogen-bond acceptors (Lipinski definition) is 2.